The first-order chi connectivity index (χ1) is 11.7. The third-order valence-corrected chi connectivity index (χ3v) is 4.04. The van der Waals surface area contributed by atoms with Crippen molar-refractivity contribution in [3.8, 4) is 0 Å². The van der Waals surface area contributed by atoms with E-state index in [9.17, 15) is 8.78 Å². The van der Waals surface area contributed by atoms with Crippen LogP contribution in [0.5, 0.6) is 0 Å². The van der Waals surface area contributed by atoms with E-state index in [-0.39, 0.29) is 11.6 Å². The smallest absolute Gasteiger partial charge is 0.141 e. The molecule has 0 spiro atoms. The lowest BCUT2D eigenvalue weighted by atomic mass is 10.1. The predicted molar refractivity (Wildman–Crippen MR) is 91.6 cm³/mol. The molecule has 0 radical (unpaired) electrons. The fourth-order valence-corrected chi connectivity index (χ4v) is 2.86. The summed E-state index contributed by atoms with van der Waals surface area (Å²) in [4.78, 5) is 6.74. The van der Waals surface area contributed by atoms with Crippen molar-refractivity contribution in [1.82, 2.24) is 0 Å². The topological polar surface area (TPSA) is 15.6 Å². The maximum absolute atomic E-state index is 13.2. The number of nitrogens with zero attached hydrogens (tertiary/aromatic N) is 2. The molecule has 4 heteroatoms. The predicted octanol–water partition coefficient (Wildman–Crippen LogP) is 5.06. The number of hydrogen-bond acceptors (Lipinski definition) is 1. The molecule has 0 unspecified atom stereocenters. The zero-order valence-electron chi connectivity index (χ0n) is 12.8. The molecule has 0 N–H and O–H groups in total. The molecule has 0 saturated carbocycles. The van der Waals surface area contributed by atoms with E-state index in [0.717, 1.165) is 22.6 Å². The molecule has 1 aliphatic heterocycles. The van der Waals surface area contributed by atoms with Crippen molar-refractivity contribution in [3.05, 3.63) is 95.6 Å². The number of fused-ring (bicyclic) bond motifs is 1. The third-order valence-electron chi connectivity index (χ3n) is 4.04. The zero-order chi connectivity index (χ0) is 16.5. The van der Waals surface area contributed by atoms with Gasteiger partial charge in [0.2, 0.25) is 0 Å². The van der Waals surface area contributed by atoms with Crippen molar-refractivity contribution in [2.24, 2.45) is 4.99 Å². The second-order valence-electron chi connectivity index (χ2n) is 5.63. The summed E-state index contributed by atoms with van der Waals surface area (Å²) in [6, 6.07) is 20.4. The summed E-state index contributed by atoms with van der Waals surface area (Å²) in [7, 11) is 0. The summed E-state index contributed by atoms with van der Waals surface area (Å²) >= 11 is 0. The Hall–Kier alpha value is -3.01. The van der Waals surface area contributed by atoms with Crippen molar-refractivity contribution >= 4 is 17.2 Å². The number of aliphatic imine (C=N–C) groups is 1. The van der Waals surface area contributed by atoms with Crippen molar-refractivity contribution in [3.63, 3.8) is 0 Å². The highest BCUT2D eigenvalue weighted by Gasteiger charge is 2.26. The monoisotopic (exact) mass is 320 g/mol. The minimum atomic E-state index is -0.291. The molecule has 0 amide bonds. The third kappa shape index (κ3) is 2.67. The summed E-state index contributed by atoms with van der Waals surface area (Å²) in [5, 5.41) is 0. The Labute approximate surface area is 138 Å². The van der Waals surface area contributed by atoms with Gasteiger partial charge in [0.25, 0.3) is 0 Å². The number of anilines is 1. The summed E-state index contributed by atoms with van der Waals surface area (Å²) in [6.45, 7) is 0.668. The van der Waals surface area contributed by atoms with Crippen molar-refractivity contribution < 1.29 is 8.78 Å². The van der Waals surface area contributed by atoms with E-state index >= 15 is 0 Å². The van der Waals surface area contributed by atoms with E-state index in [1.807, 2.05) is 23.1 Å². The maximum atomic E-state index is 13.2. The van der Waals surface area contributed by atoms with E-state index in [1.165, 1.54) is 24.3 Å². The van der Waals surface area contributed by atoms with Crippen molar-refractivity contribution in [2.45, 2.75) is 6.54 Å². The van der Waals surface area contributed by atoms with Crippen LogP contribution in [-0.4, -0.2) is 5.84 Å². The SMILES string of the molecule is Fc1ccc(N=C2c3ccccc3CN2c2ccc(F)cc2)cc1. The van der Waals surface area contributed by atoms with E-state index < -0.39 is 0 Å². The molecule has 0 aliphatic carbocycles. The lowest BCUT2D eigenvalue weighted by Crippen LogP contribution is -2.23. The molecule has 0 bridgehead atoms. The zero-order valence-corrected chi connectivity index (χ0v) is 12.8. The first-order valence-corrected chi connectivity index (χ1v) is 7.66. The van der Waals surface area contributed by atoms with Gasteiger partial charge in [-0.1, -0.05) is 24.3 Å². The minimum absolute atomic E-state index is 0.271. The molecular weight excluding hydrogens is 306 g/mol. The van der Waals surface area contributed by atoms with Gasteiger partial charge < -0.3 is 4.90 Å². The van der Waals surface area contributed by atoms with Crippen LogP contribution in [0.3, 0.4) is 0 Å². The Morgan fingerprint density at radius 2 is 1.38 bits per heavy atom. The number of halogens is 2. The Kier molecular flexibility index (Phi) is 3.58. The van der Waals surface area contributed by atoms with Crippen LogP contribution in [0.15, 0.2) is 77.8 Å². The second kappa shape index (κ2) is 5.89. The van der Waals surface area contributed by atoms with E-state index in [2.05, 4.69) is 6.07 Å². The number of rotatable bonds is 2. The Morgan fingerprint density at radius 1 is 0.750 bits per heavy atom. The molecule has 0 aromatic heterocycles. The molecule has 3 aromatic carbocycles. The standard InChI is InChI=1S/C20H14F2N2/c21-15-5-9-17(10-6-15)23-20-19-4-2-1-3-14(19)13-24(20)18-11-7-16(22)8-12-18/h1-12H,13H2. The second-order valence-corrected chi connectivity index (χ2v) is 5.63. The van der Waals surface area contributed by atoms with E-state index in [1.54, 1.807) is 24.3 Å². The summed E-state index contributed by atoms with van der Waals surface area (Å²) in [5.74, 6) is 0.220. The normalized spacial score (nSPS) is 14.9. The van der Waals surface area contributed by atoms with Crippen LogP contribution >= 0.6 is 0 Å². The minimum Gasteiger partial charge on any atom is -0.321 e. The van der Waals surface area contributed by atoms with Crippen LogP contribution in [-0.2, 0) is 6.54 Å². The molecule has 24 heavy (non-hydrogen) atoms. The Balaban J connectivity index is 1.81. The van der Waals surface area contributed by atoms with Crippen molar-refractivity contribution in [2.75, 3.05) is 4.90 Å². The van der Waals surface area contributed by atoms with E-state index in [4.69, 9.17) is 4.99 Å². The van der Waals surface area contributed by atoms with Gasteiger partial charge in [-0.25, -0.2) is 13.8 Å². The summed E-state index contributed by atoms with van der Waals surface area (Å²) < 4.78 is 26.4. The van der Waals surface area contributed by atoms with Gasteiger partial charge in [-0.3, -0.25) is 0 Å². The summed E-state index contributed by atoms with van der Waals surface area (Å²) in [5.41, 5.74) is 3.73. The quantitative estimate of drug-likeness (QED) is 0.644. The highest BCUT2D eigenvalue weighted by atomic mass is 19.1. The largest absolute Gasteiger partial charge is 0.321 e. The van der Waals surface area contributed by atoms with Crippen LogP contribution < -0.4 is 4.90 Å². The average Bonchev–Trinajstić information content (AvgIpc) is 2.96. The van der Waals surface area contributed by atoms with Crippen LogP contribution in [0.25, 0.3) is 0 Å². The molecule has 0 atom stereocenters. The van der Waals surface area contributed by atoms with Gasteiger partial charge in [-0.05, 0) is 54.1 Å². The first-order valence-electron chi connectivity index (χ1n) is 7.66. The fraction of sp³-hybridized carbons (Fsp3) is 0.0500. The molecule has 1 aliphatic rings. The lowest BCUT2D eigenvalue weighted by Gasteiger charge is -2.19. The molecule has 1 heterocycles. The molecule has 118 valence electrons. The fourth-order valence-electron chi connectivity index (χ4n) is 2.86. The van der Waals surface area contributed by atoms with Gasteiger partial charge in [0.05, 0.1) is 12.2 Å². The molecular formula is C20H14F2N2. The van der Waals surface area contributed by atoms with Gasteiger partial charge in [-0.2, -0.15) is 0 Å². The van der Waals surface area contributed by atoms with Gasteiger partial charge in [0.15, 0.2) is 0 Å². The van der Waals surface area contributed by atoms with Crippen LogP contribution in [0, 0.1) is 11.6 Å². The molecule has 3 aromatic rings. The van der Waals surface area contributed by atoms with Crippen molar-refractivity contribution in [1.29, 1.82) is 0 Å². The number of hydrogen-bond donors (Lipinski definition) is 0. The number of benzene rings is 3. The lowest BCUT2D eigenvalue weighted by molar-refractivity contribution is 0.627. The highest BCUT2D eigenvalue weighted by Crippen LogP contribution is 2.30. The van der Waals surface area contributed by atoms with Gasteiger partial charge in [-0.15, -0.1) is 0 Å². The Morgan fingerprint density at radius 3 is 2.08 bits per heavy atom. The first kappa shape index (κ1) is 14.6. The van der Waals surface area contributed by atoms with Crippen LogP contribution in [0.1, 0.15) is 11.1 Å². The van der Waals surface area contributed by atoms with Crippen LogP contribution in [0.2, 0.25) is 0 Å². The van der Waals surface area contributed by atoms with Crippen LogP contribution in [0.4, 0.5) is 20.2 Å². The molecule has 0 fully saturated rings. The highest BCUT2D eigenvalue weighted by molar-refractivity contribution is 6.14. The van der Waals surface area contributed by atoms with Gasteiger partial charge >= 0.3 is 0 Å². The molecule has 0 saturated heterocycles. The average molecular weight is 320 g/mol. The molecule has 2 nitrogen and oxygen atoms in total. The van der Waals surface area contributed by atoms with Gasteiger partial charge in [0.1, 0.15) is 17.5 Å². The Bertz CT molecular complexity index is 900. The van der Waals surface area contributed by atoms with Gasteiger partial charge in [0, 0.05) is 11.3 Å². The summed E-state index contributed by atoms with van der Waals surface area (Å²) in [6.07, 6.45) is 0. The van der Waals surface area contributed by atoms with E-state index in [0.29, 0.717) is 12.2 Å². The molecule has 4 rings (SSSR count). The maximum Gasteiger partial charge on any atom is 0.141 e. The number of amidine groups is 1.